The van der Waals surface area contributed by atoms with E-state index in [4.69, 9.17) is 0 Å². The zero-order chi connectivity index (χ0) is 12.4. The molecule has 2 heterocycles. The number of thioether (sulfide) groups is 1. The first-order valence-corrected chi connectivity index (χ1v) is 9.13. The fraction of sp³-hybridized carbons (Fsp3) is 0.571. The monoisotopic (exact) mass is 281 g/mol. The molecular formula is C14H19NOS2. The maximum absolute atomic E-state index is 11.4. The maximum atomic E-state index is 11.4. The summed E-state index contributed by atoms with van der Waals surface area (Å²) in [6, 6.07) is 9.79. The van der Waals surface area contributed by atoms with Gasteiger partial charge in [0.2, 0.25) is 0 Å². The van der Waals surface area contributed by atoms with E-state index in [9.17, 15) is 4.21 Å². The van der Waals surface area contributed by atoms with Crippen molar-refractivity contribution in [1.29, 1.82) is 0 Å². The molecule has 2 aliphatic heterocycles. The number of fused-ring (bicyclic) bond motifs is 1. The van der Waals surface area contributed by atoms with Gasteiger partial charge in [-0.2, -0.15) is 0 Å². The molecule has 1 atom stereocenters. The lowest BCUT2D eigenvalue weighted by Gasteiger charge is -2.31. The average molecular weight is 281 g/mol. The van der Waals surface area contributed by atoms with Crippen LogP contribution in [0.3, 0.4) is 0 Å². The van der Waals surface area contributed by atoms with Crippen LogP contribution in [0.5, 0.6) is 0 Å². The van der Waals surface area contributed by atoms with Crippen LogP contribution in [0.4, 0.5) is 0 Å². The summed E-state index contributed by atoms with van der Waals surface area (Å²) in [5.41, 5.74) is 1.46. The fourth-order valence-electron chi connectivity index (χ4n) is 2.76. The molecule has 98 valence electrons. The Hall–Kier alpha value is -0.320. The second-order valence-electron chi connectivity index (χ2n) is 5.02. The molecule has 0 aliphatic carbocycles. The second kappa shape index (κ2) is 5.76. The van der Waals surface area contributed by atoms with Gasteiger partial charge < -0.3 is 5.32 Å². The zero-order valence-corrected chi connectivity index (χ0v) is 12.1. The summed E-state index contributed by atoms with van der Waals surface area (Å²) < 4.78 is 11.4. The predicted octanol–water partition coefficient (Wildman–Crippen LogP) is 2.72. The van der Waals surface area contributed by atoms with Crippen LogP contribution in [0.25, 0.3) is 0 Å². The molecule has 0 amide bonds. The van der Waals surface area contributed by atoms with Gasteiger partial charge >= 0.3 is 0 Å². The Bertz CT molecular complexity index is 439. The highest BCUT2D eigenvalue weighted by molar-refractivity contribution is 7.99. The van der Waals surface area contributed by atoms with Crippen molar-refractivity contribution in [1.82, 2.24) is 5.32 Å². The van der Waals surface area contributed by atoms with Gasteiger partial charge in [-0.25, -0.2) is 0 Å². The van der Waals surface area contributed by atoms with Crippen molar-refractivity contribution in [2.45, 2.75) is 36.2 Å². The molecule has 0 radical (unpaired) electrons. The van der Waals surface area contributed by atoms with Crippen LogP contribution >= 0.6 is 11.8 Å². The third-order valence-electron chi connectivity index (χ3n) is 3.78. The molecule has 0 bridgehead atoms. The van der Waals surface area contributed by atoms with E-state index in [1.165, 1.54) is 22.6 Å². The van der Waals surface area contributed by atoms with Gasteiger partial charge in [-0.15, -0.1) is 11.8 Å². The normalized spacial score (nSPS) is 31.9. The molecule has 3 rings (SSSR count). The standard InChI is InChI=1S/C14H19NOS2/c16-18-9-6-11(7-10-18)15-13-5-8-17-14-4-2-1-3-12(13)14/h1-4,11,13,15H,5-10H2. The number of hydrogen-bond donors (Lipinski definition) is 1. The van der Waals surface area contributed by atoms with Gasteiger partial charge in [-0.05, 0) is 36.6 Å². The van der Waals surface area contributed by atoms with Gasteiger partial charge in [0.15, 0.2) is 0 Å². The molecule has 0 saturated carbocycles. The number of rotatable bonds is 2. The van der Waals surface area contributed by atoms with Crippen molar-refractivity contribution in [2.24, 2.45) is 0 Å². The Morgan fingerprint density at radius 2 is 1.94 bits per heavy atom. The summed E-state index contributed by atoms with van der Waals surface area (Å²) in [6.07, 6.45) is 3.35. The number of hydrogen-bond acceptors (Lipinski definition) is 3. The quantitative estimate of drug-likeness (QED) is 0.904. The molecule has 2 nitrogen and oxygen atoms in total. The smallest absolute Gasteiger partial charge is 0.0341 e. The Balaban J connectivity index is 1.69. The minimum absolute atomic E-state index is 0.499. The minimum atomic E-state index is -0.557. The van der Waals surface area contributed by atoms with E-state index in [0.717, 1.165) is 24.3 Å². The number of benzene rings is 1. The van der Waals surface area contributed by atoms with E-state index in [1.807, 2.05) is 11.8 Å². The van der Waals surface area contributed by atoms with Crippen LogP contribution in [0, 0.1) is 0 Å². The molecule has 0 spiro atoms. The average Bonchev–Trinajstić information content (AvgIpc) is 2.42. The highest BCUT2D eigenvalue weighted by Crippen LogP contribution is 2.36. The first-order valence-electron chi connectivity index (χ1n) is 6.65. The van der Waals surface area contributed by atoms with Gasteiger partial charge in [0, 0.05) is 39.3 Å². The van der Waals surface area contributed by atoms with Crippen LogP contribution in [-0.2, 0) is 10.8 Å². The molecule has 18 heavy (non-hydrogen) atoms. The predicted molar refractivity (Wildman–Crippen MR) is 78.6 cm³/mol. The third-order valence-corrected chi connectivity index (χ3v) is 6.29. The first-order chi connectivity index (χ1) is 8.83. The van der Waals surface area contributed by atoms with E-state index in [2.05, 4.69) is 29.6 Å². The second-order valence-corrected chi connectivity index (χ2v) is 7.85. The Morgan fingerprint density at radius 1 is 1.17 bits per heavy atom. The lowest BCUT2D eigenvalue weighted by atomic mass is 10.0. The maximum Gasteiger partial charge on any atom is 0.0341 e. The molecule has 2 aliphatic rings. The molecule has 0 aromatic heterocycles. The Labute approximate surface area is 115 Å². The van der Waals surface area contributed by atoms with Gasteiger partial charge in [0.25, 0.3) is 0 Å². The summed E-state index contributed by atoms with van der Waals surface area (Å²) in [5.74, 6) is 2.95. The number of nitrogens with one attached hydrogen (secondary N) is 1. The molecule has 1 unspecified atom stereocenters. The molecular weight excluding hydrogens is 262 g/mol. The highest BCUT2D eigenvalue weighted by Gasteiger charge is 2.25. The molecule has 1 N–H and O–H groups in total. The Kier molecular flexibility index (Phi) is 4.07. The van der Waals surface area contributed by atoms with Gasteiger partial charge in [0.05, 0.1) is 0 Å². The molecule has 1 aromatic rings. The van der Waals surface area contributed by atoms with Crippen LogP contribution < -0.4 is 5.32 Å². The van der Waals surface area contributed by atoms with Crippen molar-refractivity contribution in [2.75, 3.05) is 17.3 Å². The summed E-state index contributed by atoms with van der Waals surface area (Å²) in [5, 5.41) is 3.79. The fourth-order valence-corrected chi connectivity index (χ4v) is 5.18. The largest absolute Gasteiger partial charge is 0.307 e. The molecule has 1 saturated heterocycles. The lowest BCUT2D eigenvalue weighted by molar-refractivity contribution is 0.398. The van der Waals surface area contributed by atoms with Crippen molar-refractivity contribution < 1.29 is 4.21 Å². The van der Waals surface area contributed by atoms with Crippen molar-refractivity contribution >= 4 is 22.6 Å². The SMILES string of the molecule is O=S1CCC(NC2CCSc3ccccc32)CC1. The summed E-state index contributed by atoms with van der Waals surface area (Å²) >= 11 is 1.97. The molecule has 4 heteroatoms. The summed E-state index contributed by atoms with van der Waals surface area (Å²) in [4.78, 5) is 1.43. The van der Waals surface area contributed by atoms with Gasteiger partial charge in [-0.3, -0.25) is 4.21 Å². The van der Waals surface area contributed by atoms with Crippen molar-refractivity contribution in [3.05, 3.63) is 29.8 Å². The molecule has 1 fully saturated rings. The van der Waals surface area contributed by atoms with E-state index >= 15 is 0 Å². The lowest BCUT2D eigenvalue weighted by Crippen LogP contribution is -2.39. The summed E-state index contributed by atoms with van der Waals surface area (Å²) in [7, 11) is -0.557. The van der Waals surface area contributed by atoms with Crippen LogP contribution in [-0.4, -0.2) is 27.5 Å². The molecule has 1 aromatic carbocycles. The van der Waals surface area contributed by atoms with Crippen molar-refractivity contribution in [3.63, 3.8) is 0 Å². The van der Waals surface area contributed by atoms with E-state index < -0.39 is 10.8 Å². The van der Waals surface area contributed by atoms with E-state index in [1.54, 1.807) is 0 Å². The van der Waals surface area contributed by atoms with Gasteiger partial charge in [0.1, 0.15) is 0 Å². The Morgan fingerprint density at radius 3 is 2.78 bits per heavy atom. The topological polar surface area (TPSA) is 29.1 Å². The van der Waals surface area contributed by atoms with Crippen molar-refractivity contribution in [3.8, 4) is 0 Å². The van der Waals surface area contributed by atoms with Crippen LogP contribution in [0.2, 0.25) is 0 Å². The first kappa shape index (κ1) is 12.7. The van der Waals surface area contributed by atoms with Crippen LogP contribution in [0.1, 0.15) is 30.9 Å². The third kappa shape index (κ3) is 2.81. The zero-order valence-electron chi connectivity index (χ0n) is 10.4. The van der Waals surface area contributed by atoms with Gasteiger partial charge in [-0.1, -0.05) is 18.2 Å². The summed E-state index contributed by atoms with van der Waals surface area (Å²) in [6.45, 7) is 0. The van der Waals surface area contributed by atoms with E-state index in [-0.39, 0.29) is 0 Å². The minimum Gasteiger partial charge on any atom is -0.307 e. The van der Waals surface area contributed by atoms with E-state index in [0.29, 0.717) is 12.1 Å². The highest BCUT2D eigenvalue weighted by atomic mass is 32.2. The van der Waals surface area contributed by atoms with Crippen LogP contribution in [0.15, 0.2) is 29.2 Å².